The number of aromatic nitrogens is 3. The molecule has 0 saturated heterocycles. The molecule has 0 N–H and O–H groups in total. The van der Waals surface area contributed by atoms with Gasteiger partial charge >= 0.3 is 0 Å². The van der Waals surface area contributed by atoms with Gasteiger partial charge in [0.1, 0.15) is 5.02 Å². The van der Waals surface area contributed by atoms with E-state index >= 15 is 0 Å². The highest BCUT2D eigenvalue weighted by atomic mass is 35.5. The van der Waals surface area contributed by atoms with Crippen LogP contribution in [0.25, 0.3) is 16.9 Å². The van der Waals surface area contributed by atoms with Crippen LogP contribution in [-0.4, -0.2) is 20.4 Å². The van der Waals surface area contributed by atoms with Gasteiger partial charge in [0.25, 0.3) is 0 Å². The summed E-state index contributed by atoms with van der Waals surface area (Å²) in [6.45, 7) is 1.51. The van der Waals surface area contributed by atoms with Crippen molar-refractivity contribution in [1.29, 1.82) is 0 Å². The van der Waals surface area contributed by atoms with Gasteiger partial charge in [0.05, 0.1) is 17.5 Å². The Kier molecular flexibility index (Phi) is 2.80. The molecular weight excluding hydrogens is 262 g/mol. The molecule has 94 valence electrons. The second-order valence-corrected chi connectivity index (χ2v) is 4.59. The summed E-state index contributed by atoms with van der Waals surface area (Å²) in [6.07, 6.45) is 3.18. The SMILES string of the molecule is CC(=O)c1cn2ncc(Cl)c2nc1-c1ccccc1. The highest BCUT2D eigenvalue weighted by molar-refractivity contribution is 6.33. The average Bonchev–Trinajstić information content (AvgIpc) is 2.79. The fraction of sp³-hybridized carbons (Fsp3) is 0.0714. The maximum absolute atomic E-state index is 11.8. The molecule has 3 aromatic rings. The van der Waals surface area contributed by atoms with E-state index in [0.29, 0.717) is 21.9 Å². The number of Topliss-reactive ketones (excluding diaryl/α,β-unsaturated/α-hetero) is 1. The predicted octanol–water partition coefficient (Wildman–Crippen LogP) is 3.25. The fourth-order valence-electron chi connectivity index (χ4n) is 1.96. The molecule has 1 aromatic carbocycles. The van der Waals surface area contributed by atoms with Crippen LogP contribution in [0.3, 0.4) is 0 Å². The Labute approximate surface area is 114 Å². The van der Waals surface area contributed by atoms with Crippen molar-refractivity contribution in [1.82, 2.24) is 14.6 Å². The summed E-state index contributed by atoms with van der Waals surface area (Å²) in [4.78, 5) is 16.2. The van der Waals surface area contributed by atoms with E-state index in [2.05, 4.69) is 10.1 Å². The van der Waals surface area contributed by atoms with Crippen LogP contribution in [0.4, 0.5) is 0 Å². The number of ketones is 1. The molecule has 0 aliphatic carbocycles. The van der Waals surface area contributed by atoms with Crippen LogP contribution in [0.5, 0.6) is 0 Å². The molecule has 0 aliphatic heterocycles. The van der Waals surface area contributed by atoms with Gasteiger partial charge < -0.3 is 0 Å². The first-order valence-corrected chi connectivity index (χ1v) is 6.15. The number of halogens is 1. The molecule has 4 nitrogen and oxygen atoms in total. The first-order chi connectivity index (χ1) is 9.16. The van der Waals surface area contributed by atoms with E-state index in [1.54, 1.807) is 6.20 Å². The predicted molar refractivity (Wildman–Crippen MR) is 73.4 cm³/mol. The molecule has 0 bridgehead atoms. The van der Waals surface area contributed by atoms with Gasteiger partial charge in [0.15, 0.2) is 11.4 Å². The molecule has 0 atom stereocenters. The number of hydrogen-bond acceptors (Lipinski definition) is 3. The van der Waals surface area contributed by atoms with E-state index in [0.717, 1.165) is 5.56 Å². The van der Waals surface area contributed by atoms with E-state index in [1.807, 2.05) is 30.3 Å². The van der Waals surface area contributed by atoms with Crippen LogP contribution in [0.15, 0.2) is 42.7 Å². The maximum Gasteiger partial charge on any atom is 0.174 e. The molecule has 0 unspecified atom stereocenters. The molecule has 3 rings (SSSR count). The topological polar surface area (TPSA) is 47.3 Å². The average molecular weight is 272 g/mol. The number of rotatable bonds is 2. The molecule has 0 fully saturated rings. The number of carbonyl (C=O) groups is 1. The Morgan fingerprint density at radius 1 is 1.26 bits per heavy atom. The summed E-state index contributed by atoms with van der Waals surface area (Å²) in [5, 5.41) is 4.53. The maximum atomic E-state index is 11.8. The Balaban J connectivity index is 2.35. The lowest BCUT2D eigenvalue weighted by Gasteiger charge is -2.07. The minimum Gasteiger partial charge on any atom is -0.294 e. The van der Waals surface area contributed by atoms with E-state index < -0.39 is 0 Å². The number of carbonyl (C=O) groups excluding carboxylic acids is 1. The lowest BCUT2D eigenvalue weighted by molar-refractivity contribution is 0.101. The van der Waals surface area contributed by atoms with Gasteiger partial charge in [-0.2, -0.15) is 5.10 Å². The fourth-order valence-corrected chi connectivity index (χ4v) is 2.13. The number of benzene rings is 1. The number of fused-ring (bicyclic) bond motifs is 1. The molecule has 2 heterocycles. The monoisotopic (exact) mass is 271 g/mol. The van der Waals surface area contributed by atoms with Crippen LogP contribution in [0, 0.1) is 0 Å². The van der Waals surface area contributed by atoms with Gasteiger partial charge in [-0.25, -0.2) is 9.50 Å². The zero-order chi connectivity index (χ0) is 13.4. The van der Waals surface area contributed by atoms with E-state index in [-0.39, 0.29) is 5.78 Å². The minimum absolute atomic E-state index is 0.0557. The number of nitrogens with zero attached hydrogens (tertiary/aromatic N) is 3. The van der Waals surface area contributed by atoms with Crippen molar-refractivity contribution in [3.63, 3.8) is 0 Å². The highest BCUT2D eigenvalue weighted by Crippen LogP contribution is 2.25. The lowest BCUT2D eigenvalue weighted by Crippen LogP contribution is -2.03. The largest absolute Gasteiger partial charge is 0.294 e. The van der Waals surface area contributed by atoms with E-state index in [4.69, 9.17) is 11.6 Å². The summed E-state index contributed by atoms with van der Waals surface area (Å²) >= 11 is 6.03. The van der Waals surface area contributed by atoms with Gasteiger partial charge in [-0.1, -0.05) is 41.9 Å². The van der Waals surface area contributed by atoms with Gasteiger partial charge in [0.2, 0.25) is 0 Å². The summed E-state index contributed by atoms with van der Waals surface area (Å²) < 4.78 is 1.52. The molecule has 5 heteroatoms. The minimum atomic E-state index is -0.0557. The van der Waals surface area contributed by atoms with Crippen molar-refractivity contribution in [3.05, 3.63) is 53.3 Å². The first-order valence-electron chi connectivity index (χ1n) is 5.77. The van der Waals surface area contributed by atoms with E-state index in [1.165, 1.54) is 17.6 Å². The molecule has 0 saturated carbocycles. The Morgan fingerprint density at radius 3 is 2.68 bits per heavy atom. The zero-order valence-corrected chi connectivity index (χ0v) is 10.9. The van der Waals surface area contributed by atoms with Crippen LogP contribution in [0.1, 0.15) is 17.3 Å². The normalized spacial score (nSPS) is 10.8. The second kappa shape index (κ2) is 4.48. The van der Waals surface area contributed by atoms with Crippen molar-refractivity contribution in [2.45, 2.75) is 6.92 Å². The summed E-state index contributed by atoms with van der Waals surface area (Å²) in [6, 6.07) is 9.55. The van der Waals surface area contributed by atoms with Crippen LogP contribution in [0.2, 0.25) is 5.02 Å². The third-order valence-corrected chi connectivity index (χ3v) is 3.14. The molecular formula is C14H10ClN3O. The van der Waals surface area contributed by atoms with Crippen molar-refractivity contribution in [2.24, 2.45) is 0 Å². The molecule has 0 amide bonds. The third-order valence-electron chi connectivity index (χ3n) is 2.88. The van der Waals surface area contributed by atoms with Gasteiger partial charge in [0, 0.05) is 11.8 Å². The Hall–Kier alpha value is -2.20. The second-order valence-electron chi connectivity index (χ2n) is 4.19. The standard InChI is InChI=1S/C14H10ClN3O/c1-9(19)11-8-18-14(12(15)7-16-18)17-13(11)10-5-3-2-4-6-10/h2-8H,1H3. The number of hydrogen-bond donors (Lipinski definition) is 0. The quantitative estimate of drug-likeness (QED) is 0.672. The first kappa shape index (κ1) is 11.9. The molecule has 0 radical (unpaired) electrons. The molecule has 0 spiro atoms. The van der Waals surface area contributed by atoms with Crippen LogP contribution >= 0.6 is 11.6 Å². The molecule has 19 heavy (non-hydrogen) atoms. The third kappa shape index (κ3) is 2.00. The van der Waals surface area contributed by atoms with Gasteiger partial charge in [-0.3, -0.25) is 4.79 Å². The van der Waals surface area contributed by atoms with Crippen LogP contribution in [-0.2, 0) is 0 Å². The van der Waals surface area contributed by atoms with Crippen molar-refractivity contribution in [2.75, 3.05) is 0 Å². The molecule has 0 aliphatic rings. The Bertz CT molecular complexity index is 765. The lowest BCUT2D eigenvalue weighted by atomic mass is 10.1. The smallest absolute Gasteiger partial charge is 0.174 e. The van der Waals surface area contributed by atoms with E-state index in [9.17, 15) is 4.79 Å². The van der Waals surface area contributed by atoms with Crippen LogP contribution < -0.4 is 0 Å². The summed E-state index contributed by atoms with van der Waals surface area (Å²) in [5.41, 5.74) is 2.58. The summed E-state index contributed by atoms with van der Waals surface area (Å²) in [7, 11) is 0. The van der Waals surface area contributed by atoms with Crippen molar-refractivity contribution >= 4 is 23.0 Å². The van der Waals surface area contributed by atoms with Gasteiger partial charge in [-0.15, -0.1) is 0 Å². The Morgan fingerprint density at radius 2 is 2.00 bits per heavy atom. The van der Waals surface area contributed by atoms with Crippen molar-refractivity contribution < 1.29 is 4.79 Å². The molecule has 2 aromatic heterocycles. The van der Waals surface area contributed by atoms with Gasteiger partial charge in [-0.05, 0) is 6.92 Å². The summed E-state index contributed by atoms with van der Waals surface area (Å²) in [5.74, 6) is -0.0557. The highest BCUT2D eigenvalue weighted by Gasteiger charge is 2.14. The van der Waals surface area contributed by atoms with Crippen molar-refractivity contribution in [3.8, 4) is 11.3 Å². The zero-order valence-electron chi connectivity index (χ0n) is 10.2.